The Balaban J connectivity index is 1.07. The highest BCUT2D eigenvalue weighted by Crippen LogP contribution is 2.42. The van der Waals surface area contributed by atoms with Gasteiger partial charge in [0, 0.05) is 27.5 Å². The molecule has 0 aliphatic carbocycles. The van der Waals surface area contributed by atoms with E-state index in [2.05, 4.69) is 158 Å². The van der Waals surface area contributed by atoms with Gasteiger partial charge in [-0.3, -0.25) is 0 Å². The van der Waals surface area contributed by atoms with E-state index in [4.69, 9.17) is 19.4 Å². The van der Waals surface area contributed by atoms with Crippen molar-refractivity contribution in [2.45, 2.75) is 0 Å². The lowest BCUT2D eigenvalue weighted by Gasteiger charge is -2.14. The van der Waals surface area contributed by atoms with Crippen molar-refractivity contribution in [1.29, 1.82) is 0 Å². The van der Waals surface area contributed by atoms with Crippen LogP contribution in [0.4, 0.5) is 0 Å². The van der Waals surface area contributed by atoms with E-state index >= 15 is 0 Å². The molecule has 2 heterocycles. The fourth-order valence-corrected chi connectivity index (χ4v) is 8.00. The minimum Gasteiger partial charge on any atom is -0.456 e. The first-order valence-electron chi connectivity index (χ1n) is 18.5. The minimum absolute atomic E-state index is 0.632. The zero-order valence-corrected chi connectivity index (χ0v) is 29.6. The average Bonchev–Trinajstić information content (AvgIpc) is 3.64. The molecule has 2 aromatic heterocycles. The summed E-state index contributed by atoms with van der Waals surface area (Å²) < 4.78 is 6.58. The van der Waals surface area contributed by atoms with Crippen LogP contribution in [-0.4, -0.2) is 15.0 Å². The fourth-order valence-electron chi connectivity index (χ4n) is 8.00. The van der Waals surface area contributed by atoms with Crippen molar-refractivity contribution < 1.29 is 4.42 Å². The van der Waals surface area contributed by atoms with Crippen molar-refractivity contribution in [2.24, 2.45) is 0 Å². The van der Waals surface area contributed by atoms with Crippen LogP contribution >= 0.6 is 0 Å². The molecule has 0 saturated heterocycles. The molecule has 4 heteroatoms. The summed E-state index contributed by atoms with van der Waals surface area (Å²) in [5, 5.41) is 9.15. The molecule has 9 aromatic carbocycles. The topological polar surface area (TPSA) is 51.8 Å². The molecule has 11 rings (SSSR count). The van der Waals surface area contributed by atoms with Crippen LogP contribution in [0, 0.1) is 0 Å². The van der Waals surface area contributed by atoms with E-state index in [-0.39, 0.29) is 0 Å². The van der Waals surface area contributed by atoms with Crippen LogP contribution in [0.3, 0.4) is 0 Å². The molecule has 11 aromatic rings. The quantitative estimate of drug-likeness (QED) is 0.179. The summed E-state index contributed by atoms with van der Waals surface area (Å²) >= 11 is 0. The second kappa shape index (κ2) is 12.6. The van der Waals surface area contributed by atoms with Gasteiger partial charge in [0.15, 0.2) is 17.5 Å². The molecule has 0 atom stereocenters. The molecule has 0 radical (unpaired) electrons. The maximum Gasteiger partial charge on any atom is 0.164 e. The van der Waals surface area contributed by atoms with E-state index in [1.807, 2.05) is 30.3 Å². The molecule has 0 fully saturated rings. The number of hydrogen-bond donors (Lipinski definition) is 0. The Bertz CT molecular complexity index is 3270. The molecule has 0 aliphatic heterocycles. The summed E-state index contributed by atoms with van der Waals surface area (Å²) in [7, 11) is 0. The third kappa shape index (κ3) is 5.34. The Morgan fingerprint density at radius 1 is 0.291 bits per heavy atom. The number of furan rings is 1. The maximum atomic E-state index is 6.58. The second-order valence-corrected chi connectivity index (χ2v) is 14.0. The van der Waals surface area contributed by atoms with E-state index in [0.717, 1.165) is 71.5 Å². The smallest absolute Gasteiger partial charge is 0.164 e. The van der Waals surface area contributed by atoms with Gasteiger partial charge < -0.3 is 4.42 Å². The van der Waals surface area contributed by atoms with E-state index < -0.39 is 0 Å². The zero-order valence-electron chi connectivity index (χ0n) is 29.6. The Morgan fingerprint density at radius 3 is 1.62 bits per heavy atom. The van der Waals surface area contributed by atoms with Crippen molar-refractivity contribution in [3.8, 4) is 56.4 Å². The third-order valence-corrected chi connectivity index (χ3v) is 10.7. The molecule has 0 spiro atoms. The Kier molecular flexibility index (Phi) is 7.14. The molecular weight excluding hydrogens is 671 g/mol. The molecule has 0 N–H and O–H groups in total. The van der Waals surface area contributed by atoms with E-state index in [1.54, 1.807) is 0 Å². The lowest BCUT2D eigenvalue weighted by molar-refractivity contribution is 0.669. The normalized spacial score (nSPS) is 11.6. The predicted molar refractivity (Wildman–Crippen MR) is 227 cm³/mol. The molecule has 0 unspecified atom stereocenters. The van der Waals surface area contributed by atoms with Crippen LogP contribution < -0.4 is 0 Å². The van der Waals surface area contributed by atoms with E-state index in [0.29, 0.717) is 17.5 Å². The van der Waals surface area contributed by atoms with Crippen LogP contribution in [-0.2, 0) is 0 Å². The molecular formula is C51H31N3O. The molecule has 0 bridgehead atoms. The Morgan fingerprint density at radius 2 is 0.855 bits per heavy atom. The standard InChI is InChI=1S/C51H31N3O/c1-2-13-34(14-3-1)49-52-50(39-24-22-33-12-5-7-16-36(33)30-39)54-51(53-49)44-28-27-42(40-17-8-9-18-41(40)44)43-19-10-20-46-48(43)45-26-25-38(31-47(45)55-46)37-23-21-32-11-4-6-15-35(32)29-37/h1-31H. The monoisotopic (exact) mass is 701 g/mol. The van der Waals surface area contributed by atoms with Crippen molar-refractivity contribution in [2.75, 3.05) is 0 Å². The summed E-state index contributed by atoms with van der Waals surface area (Å²) in [5.74, 6) is 1.91. The Hall–Kier alpha value is -7.43. The highest BCUT2D eigenvalue weighted by Gasteiger charge is 2.19. The van der Waals surface area contributed by atoms with Gasteiger partial charge in [-0.1, -0.05) is 152 Å². The van der Waals surface area contributed by atoms with Crippen LogP contribution in [0.25, 0.3) is 111 Å². The SMILES string of the molecule is c1ccc(-c2nc(-c3ccc4ccccc4c3)nc(-c3ccc(-c4cccc5oc6cc(-c7ccc8ccccc8c7)ccc6c45)c4ccccc34)n2)cc1. The van der Waals surface area contributed by atoms with Gasteiger partial charge in [0.1, 0.15) is 11.2 Å². The van der Waals surface area contributed by atoms with E-state index in [9.17, 15) is 0 Å². The van der Waals surface area contributed by atoms with Gasteiger partial charge in [-0.25, -0.2) is 15.0 Å². The van der Waals surface area contributed by atoms with Crippen molar-refractivity contribution in [1.82, 2.24) is 15.0 Å². The molecule has 55 heavy (non-hydrogen) atoms. The zero-order chi connectivity index (χ0) is 36.3. The first-order valence-corrected chi connectivity index (χ1v) is 18.5. The van der Waals surface area contributed by atoms with Crippen LogP contribution in [0.5, 0.6) is 0 Å². The molecule has 0 amide bonds. The molecule has 256 valence electrons. The highest BCUT2D eigenvalue weighted by molar-refractivity contribution is 6.17. The molecule has 0 saturated carbocycles. The van der Waals surface area contributed by atoms with Gasteiger partial charge in [0.25, 0.3) is 0 Å². The first kappa shape index (κ1) is 31.1. The molecule has 4 nitrogen and oxygen atoms in total. The van der Waals surface area contributed by atoms with Crippen molar-refractivity contribution >= 4 is 54.3 Å². The number of hydrogen-bond acceptors (Lipinski definition) is 4. The largest absolute Gasteiger partial charge is 0.456 e. The fraction of sp³-hybridized carbons (Fsp3) is 0. The van der Waals surface area contributed by atoms with Crippen molar-refractivity contribution in [3.63, 3.8) is 0 Å². The highest BCUT2D eigenvalue weighted by atomic mass is 16.3. The van der Waals surface area contributed by atoms with Gasteiger partial charge >= 0.3 is 0 Å². The van der Waals surface area contributed by atoms with Crippen LogP contribution in [0.2, 0.25) is 0 Å². The van der Waals surface area contributed by atoms with Gasteiger partial charge in [-0.05, 0) is 91.0 Å². The van der Waals surface area contributed by atoms with Gasteiger partial charge in [0.2, 0.25) is 0 Å². The first-order chi connectivity index (χ1) is 27.2. The lowest BCUT2D eigenvalue weighted by atomic mass is 9.92. The third-order valence-electron chi connectivity index (χ3n) is 10.7. The molecule has 0 aliphatic rings. The van der Waals surface area contributed by atoms with Crippen LogP contribution in [0.1, 0.15) is 0 Å². The number of rotatable bonds is 5. The summed E-state index contributed by atoms with van der Waals surface area (Å²) in [6.45, 7) is 0. The van der Waals surface area contributed by atoms with Gasteiger partial charge in [0.05, 0.1) is 0 Å². The number of fused-ring (bicyclic) bond motifs is 6. The summed E-state index contributed by atoms with van der Waals surface area (Å²) in [4.78, 5) is 15.3. The minimum atomic E-state index is 0.632. The second-order valence-electron chi connectivity index (χ2n) is 14.0. The average molecular weight is 702 g/mol. The predicted octanol–water partition coefficient (Wildman–Crippen LogP) is 13.6. The summed E-state index contributed by atoms with van der Waals surface area (Å²) in [6.07, 6.45) is 0. The number of nitrogens with zero attached hydrogens (tertiary/aromatic N) is 3. The number of benzene rings is 9. The van der Waals surface area contributed by atoms with E-state index in [1.165, 1.54) is 21.7 Å². The lowest BCUT2D eigenvalue weighted by Crippen LogP contribution is -2.00. The van der Waals surface area contributed by atoms with Gasteiger partial charge in [-0.2, -0.15) is 0 Å². The Labute approximate surface area is 317 Å². The maximum absolute atomic E-state index is 6.58. The summed E-state index contributed by atoms with van der Waals surface area (Å²) in [5.41, 5.74) is 9.11. The number of aromatic nitrogens is 3. The van der Waals surface area contributed by atoms with Crippen LogP contribution in [0.15, 0.2) is 192 Å². The van der Waals surface area contributed by atoms with Gasteiger partial charge in [-0.15, -0.1) is 0 Å². The van der Waals surface area contributed by atoms with Crippen molar-refractivity contribution in [3.05, 3.63) is 188 Å². The summed E-state index contributed by atoms with van der Waals surface area (Å²) in [6, 6.07) is 65.8.